The molecule has 5 nitrogen and oxygen atoms in total. The molecule has 0 radical (unpaired) electrons. The van der Waals surface area contributed by atoms with E-state index in [0.717, 1.165) is 5.56 Å². The number of hydrogen-bond donors (Lipinski definition) is 1. The van der Waals surface area contributed by atoms with Gasteiger partial charge in [0.25, 0.3) is 0 Å². The summed E-state index contributed by atoms with van der Waals surface area (Å²) in [4.78, 5) is 0.181. The van der Waals surface area contributed by atoms with Crippen molar-refractivity contribution in [3.8, 4) is 0 Å². The molecule has 0 atom stereocenters. The first-order chi connectivity index (χ1) is 8.96. The third kappa shape index (κ3) is 2.84. The van der Waals surface area contributed by atoms with E-state index in [4.69, 9.17) is 11.6 Å². The maximum Gasteiger partial charge on any atom is 0.246 e. The fourth-order valence-electron chi connectivity index (χ4n) is 1.78. The Morgan fingerprint density at radius 3 is 2.84 bits per heavy atom. The van der Waals surface area contributed by atoms with Crippen molar-refractivity contribution in [2.75, 3.05) is 7.05 Å². The first kappa shape index (κ1) is 14.5. The van der Waals surface area contributed by atoms with Gasteiger partial charge in [-0.05, 0) is 29.3 Å². The van der Waals surface area contributed by atoms with Gasteiger partial charge >= 0.3 is 0 Å². The van der Waals surface area contributed by atoms with Gasteiger partial charge in [0.2, 0.25) is 10.0 Å². The number of halogens is 1. The van der Waals surface area contributed by atoms with Crippen LogP contribution in [-0.4, -0.2) is 30.0 Å². The van der Waals surface area contributed by atoms with Crippen LogP contribution in [0.5, 0.6) is 0 Å². The van der Waals surface area contributed by atoms with Gasteiger partial charge in [0.1, 0.15) is 4.90 Å². The van der Waals surface area contributed by atoms with E-state index in [1.807, 2.05) is 16.8 Å². The molecule has 1 N–H and O–H groups in total. The minimum Gasteiger partial charge on any atom is -0.281 e. The van der Waals surface area contributed by atoms with Gasteiger partial charge in [-0.15, -0.1) is 11.6 Å². The van der Waals surface area contributed by atoms with Crippen molar-refractivity contribution in [1.82, 2.24) is 14.5 Å². The van der Waals surface area contributed by atoms with E-state index in [1.54, 1.807) is 14.0 Å². The third-order valence-corrected chi connectivity index (χ3v) is 5.73. The Morgan fingerprint density at radius 2 is 2.26 bits per heavy atom. The first-order valence-electron chi connectivity index (χ1n) is 5.54. The van der Waals surface area contributed by atoms with Crippen LogP contribution in [0, 0.1) is 6.92 Å². The van der Waals surface area contributed by atoms with Gasteiger partial charge in [-0.1, -0.05) is 0 Å². The first-order valence-corrected chi connectivity index (χ1v) is 8.45. The monoisotopic (exact) mass is 319 g/mol. The smallest absolute Gasteiger partial charge is 0.246 e. The number of nitrogens with zero attached hydrogens (tertiary/aromatic N) is 2. The van der Waals surface area contributed by atoms with Crippen LogP contribution in [0.25, 0.3) is 0 Å². The van der Waals surface area contributed by atoms with E-state index >= 15 is 0 Å². The van der Waals surface area contributed by atoms with Crippen LogP contribution in [0.3, 0.4) is 0 Å². The van der Waals surface area contributed by atoms with Gasteiger partial charge in [0.05, 0.1) is 17.3 Å². The molecule has 0 fully saturated rings. The van der Waals surface area contributed by atoms with Crippen LogP contribution in [0.15, 0.2) is 21.7 Å². The number of alkyl halides is 1. The summed E-state index contributed by atoms with van der Waals surface area (Å²) in [6.45, 7) is 2.01. The molecule has 0 unspecified atom stereocenters. The molecule has 2 aromatic heterocycles. The fourth-order valence-corrected chi connectivity index (χ4v) is 4.19. The maximum atomic E-state index is 12.5. The highest BCUT2D eigenvalue weighted by molar-refractivity contribution is 7.89. The van der Waals surface area contributed by atoms with E-state index in [0.29, 0.717) is 17.9 Å². The molecule has 2 heterocycles. The molecule has 0 bridgehead atoms. The molecule has 104 valence electrons. The standard InChI is InChI=1S/C11H14ClN3O2S2/c1-8-11(10(5-12)14-13-8)19(16,17)15(2)6-9-3-4-18-7-9/h3-4,7H,5-6H2,1-2H3,(H,13,14). The number of aryl methyl sites for hydroxylation is 1. The van der Waals surface area contributed by atoms with Crippen molar-refractivity contribution in [3.63, 3.8) is 0 Å². The number of rotatable bonds is 5. The lowest BCUT2D eigenvalue weighted by Crippen LogP contribution is -2.27. The average molecular weight is 320 g/mol. The second-order valence-electron chi connectivity index (χ2n) is 4.15. The average Bonchev–Trinajstić information content (AvgIpc) is 2.98. The second-order valence-corrected chi connectivity index (χ2v) is 7.18. The zero-order chi connectivity index (χ0) is 14.0. The number of thiophene rings is 1. The number of H-pyrrole nitrogens is 1. The molecular weight excluding hydrogens is 306 g/mol. The Kier molecular flexibility index (Phi) is 4.29. The Bertz CT molecular complexity index is 650. The highest BCUT2D eigenvalue weighted by Gasteiger charge is 2.28. The number of hydrogen-bond acceptors (Lipinski definition) is 4. The van der Waals surface area contributed by atoms with E-state index in [-0.39, 0.29) is 10.8 Å². The Hall–Kier alpha value is -0.890. The zero-order valence-electron chi connectivity index (χ0n) is 10.6. The zero-order valence-corrected chi connectivity index (χ0v) is 12.9. The highest BCUT2D eigenvalue weighted by atomic mass is 35.5. The molecule has 0 aliphatic carbocycles. The molecule has 19 heavy (non-hydrogen) atoms. The fraction of sp³-hybridized carbons (Fsp3) is 0.364. The summed E-state index contributed by atoms with van der Waals surface area (Å²) >= 11 is 7.27. The van der Waals surface area contributed by atoms with Crippen molar-refractivity contribution in [2.24, 2.45) is 0 Å². The van der Waals surface area contributed by atoms with Crippen molar-refractivity contribution in [1.29, 1.82) is 0 Å². The van der Waals surface area contributed by atoms with E-state index in [9.17, 15) is 8.42 Å². The van der Waals surface area contributed by atoms with E-state index < -0.39 is 10.0 Å². The van der Waals surface area contributed by atoms with Gasteiger partial charge in [-0.2, -0.15) is 20.7 Å². The van der Waals surface area contributed by atoms with Crippen molar-refractivity contribution in [3.05, 3.63) is 33.8 Å². The predicted molar refractivity (Wildman–Crippen MR) is 75.9 cm³/mol. The van der Waals surface area contributed by atoms with Crippen molar-refractivity contribution < 1.29 is 8.42 Å². The Labute approximate surface area is 121 Å². The van der Waals surface area contributed by atoms with E-state index in [2.05, 4.69) is 10.2 Å². The maximum absolute atomic E-state index is 12.5. The molecule has 2 aromatic rings. The summed E-state index contributed by atoms with van der Waals surface area (Å²) in [5, 5.41) is 10.4. The lowest BCUT2D eigenvalue weighted by atomic mass is 10.3. The molecule has 2 rings (SSSR count). The lowest BCUT2D eigenvalue weighted by molar-refractivity contribution is 0.466. The topological polar surface area (TPSA) is 66.1 Å². The van der Waals surface area contributed by atoms with Crippen LogP contribution >= 0.6 is 22.9 Å². The molecule has 0 aliphatic heterocycles. The van der Waals surface area contributed by atoms with Crippen LogP contribution in [0.1, 0.15) is 17.0 Å². The normalized spacial score (nSPS) is 12.2. The minimum atomic E-state index is -3.59. The molecule has 0 saturated carbocycles. The van der Waals surface area contributed by atoms with Crippen molar-refractivity contribution in [2.45, 2.75) is 24.2 Å². The molecule has 0 aromatic carbocycles. The molecular formula is C11H14ClN3O2S2. The van der Waals surface area contributed by atoms with Gasteiger partial charge in [-0.25, -0.2) is 8.42 Å². The Morgan fingerprint density at radius 1 is 1.53 bits per heavy atom. The summed E-state index contributed by atoms with van der Waals surface area (Å²) in [7, 11) is -2.03. The summed E-state index contributed by atoms with van der Waals surface area (Å²) in [6.07, 6.45) is 0. The summed E-state index contributed by atoms with van der Waals surface area (Å²) in [5.41, 5.74) is 1.83. The van der Waals surface area contributed by atoms with Gasteiger partial charge in [0.15, 0.2) is 0 Å². The molecule has 0 aliphatic rings. The van der Waals surface area contributed by atoms with Gasteiger partial charge in [-0.3, -0.25) is 5.10 Å². The summed E-state index contributed by atoms with van der Waals surface area (Å²) in [5.74, 6) is 0.0607. The molecule has 0 amide bonds. The molecule has 8 heteroatoms. The quantitative estimate of drug-likeness (QED) is 0.860. The Balaban J connectivity index is 2.33. The summed E-state index contributed by atoms with van der Waals surface area (Å²) in [6, 6.07) is 1.90. The second kappa shape index (κ2) is 5.62. The van der Waals surface area contributed by atoms with Crippen LogP contribution < -0.4 is 0 Å². The molecule has 0 spiro atoms. The minimum absolute atomic E-state index is 0.0607. The van der Waals surface area contributed by atoms with Gasteiger partial charge < -0.3 is 0 Å². The van der Waals surface area contributed by atoms with Crippen molar-refractivity contribution >= 4 is 33.0 Å². The molecule has 0 saturated heterocycles. The van der Waals surface area contributed by atoms with Crippen LogP contribution in [0.2, 0.25) is 0 Å². The number of aromatic nitrogens is 2. The van der Waals surface area contributed by atoms with Gasteiger partial charge in [0, 0.05) is 13.6 Å². The van der Waals surface area contributed by atoms with Crippen LogP contribution in [-0.2, 0) is 22.4 Å². The predicted octanol–water partition coefficient (Wildman–Crippen LogP) is 2.34. The third-order valence-electron chi connectivity index (χ3n) is 2.74. The summed E-state index contributed by atoms with van der Waals surface area (Å²) < 4.78 is 26.4. The SMILES string of the molecule is Cc1[nH]nc(CCl)c1S(=O)(=O)N(C)Cc1ccsc1. The number of aromatic amines is 1. The number of sulfonamides is 1. The van der Waals surface area contributed by atoms with E-state index in [1.165, 1.54) is 15.6 Å². The lowest BCUT2D eigenvalue weighted by Gasteiger charge is -2.16. The van der Waals surface area contributed by atoms with Crippen LogP contribution in [0.4, 0.5) is 0 Å². The highest BCUT2D eigenvalue weighted by Crippen LogP contribution is 2.24. The number of nitrogens with one attached hydrogen (secondary N) is 1. The largest absolute Gasteiger partial charge is 0.281 e.